The van der Waals surface area contributed by atoms with Crippen molar-refractivity contribution in [2.45, 2.75) is 18.9 Å². The average Bonchev–Trinajstić information content (AvgIpc) is 3.38. The summed E-state index contributed by atoms with van der Waals surface area (Å²) in [5.74, 6) is -0.235. The minimum atomic E-state index is -0.249. The van der Waals surface area contributed by atoms with E-state index in [2.05, 4.69) is 20.9 Å². The van der Waals surface area contributed by atoms with E-state index in [1.807, 2.05) is 41.1 Å². The van der Waals surface area contributed by atoms with Gasteiger partial charge < -0.3 is 26.4 Å². The Kier molecular flexibility index (Phi) is 8.72. The molecule has 0 saturated carbocycles. The molecular weight excluding hydrogens is 462 g/mol. The first-order valence-corrected chi connectivity index (χ1v) is 12.7. The molecule has 1 aliphatic rings. The van der Waals surface area contributed by atoms with Crippen molar-refractivity contribution >= 4 is 40.3 Å². The molecule has 0 spiro atoms. The summed E-state index contributed by atoms with van der Waals surface area (Å²) in [4.78, 5) is 27.7. The van der Waals surface area contributed by atoms with E-state index in [4.69, 9.17) is 10.5 Å². The van der Waals surface area contributed by atoms with Gasteiger partial charge in [0.25, 0.3) is 5.91 Å². The van der Waals surface area contributed by atoms with Crippen molar-refractivity contribution in [3.8, 4) is 0 Å². The molecule has 35 heavy (non-hydrogen) atoms. The molecule has 5 N–H and O–H groups in total. The zero-order valence-corrected chi connectivity index (χ0v) is 20.4. The number of para-hydroxylation sites is 2. The van der Waals surface area contributed by atoms with Crippen LogP contribution in [0.5, 0.6) is 0 Å². The Balaban J connectivity index is 1.40. The summed E-state index contributed by atoms with van der Waals surface area (Å²) in [5.41, 5.74) is 9.26. The maximum atomic E-state index is 12.7. The number of thiophene rings is 1. The molecule has 1 aromatic heterocycles. The summed E-state index contributed by atoms with van der Waals surface area (Å²) in [7, 11) is 0. The minimum absolute atomic E-state index is 0.184. The predicted octanol–water partition coefficient (Wildman–Crippen LogP) is 4.56. The number of morpholine rings is 1. The van der Waals surface area contributed by atoms with Gasteiger partial charge in [-0.15, -0.1) is 0 Å². The second-order valence-electron chi connectivity index (χ2n) is 8.42. The van der Waals surface area contributed by atoms with Crippen molar-refractivity contribution in [1.82, 2.24) is 10.2 Å². The summed E-state index contributed by atoms with van der Waals surface area (Å²) in [6.07, 6.45) is 1.71. The number of ether oxygens (including phenoxy) is 1. The highest BCUT2D eigenvalue weighted by atomic mass is 32.1. The number of rotatable bonds is 9. The van der Waals surface area contributed by atoms with Gasteiger partial charge in [0.2, 0.25) is 0 Å². The van der Waals surface area contributed by atoms with Crippen LogP contribution in [0.3, 0.4) is 0 Å². The Morgan fingerprint density at radius 3 is 2.51 bits per heavy atom. The van der Waals surface area contributed by atoms with Crippen LogP contribution < -0.4 is 21.7 Å². The largest absolute Gasteiger partial charge is 0.397 e. The highest BCUT2D eigenvalue weighted by Crippen LogP contribution is 2.22. The van der Waals surface area contributed by atoms with Gasteiger partial charge in [0.1, 0.15) is 0 Å². The number of hydrogen-bond donors (Lipinski definition) is 4. The van der Waals surface area contributed by atoms with Gasteiger partial charge in [-0.2, -0.15) is 11.3 Å². The van der Waals surface area contributed by atoms with E-state index < -0.39 is 0 Å². The number of nitrogens with two attached hydrogens (primary N) is 1. The fourth-order valence-corrected chi connectivity index (χ4v) is 4.59. The third-order valence-electron chi connectivity index (χ3n) is 5.94. The smallest absolute Gasteiger partial charge is 0.319 e. The van der Waals surface area contributed by atoms with Gasteiger partial charge in [0.15, 0.2) is 0 Å². The van der Waals surface area contributed by atoms with Crippen LogP contribution in [0.1, 0.15) is 34.8 Å². The van der Waals surface area contributed by atoms with Gasteiger partial charge in [-0.3, -0.25) is 9.69 Å². The van der Waals surface area contributed by atoms with Crippen LogP contribution in [-0.4, -0.2) is 49.7 Å². The Morgan fingerprint density at radius 1 is 1.03 bits per heavy atom. The lowest BCUT2D eigenvalue weighted by atomic mass is 10.00. The predicted molar refractivity (Wildman–Crippen MR) is 141 cm³/mol. The fourth-order valence-electron chi connectivity index (χ4n) is 4.00. The van der Waals surface area contributed by atoms with Crippen LogP contribution in [0, 0.1) is 0 Å². The summed E-state index contributed by atoms with van der Waals surface area (Å²) in [6.45, 7) is 4.36. The number of nitrogens with one attached hydrogen (secondary N) is 3. The third kappa shape index (κ3) is 7.29. The Labute approximate surface area is 209 Å². The Morgan fingerprint density at radius 2 is 1.80 bits per heavy atom. The van der Waals surface area contributed by atoms with Crippen LogP contribution in [0.15, 0.2) is 65.4 Å². The molecule has 1 aliphatic heterocycles. The van der Waals surface area contributed by atoms with E-state index in [0.29, 0.717) is 16.9 Å². The van der Waals surface area contributed by atoms with Crippen LogP contribution >= 0.6 is 11.3 Å². The van der Waals surface area contributed by atoms with Gasteiger partial charge in [-0.25, -0.2) is 4.79 Å². The monoisotopic (exact) mass is 493 g/mol. The number of benzene rings is 2. The lowest BCUT2D eigenvalue weighted by Crippen LogP contribution is -2.37. The molecule has 1 atom stereocenters. The lowest BCUT2D eigenvalue weighted by molar-refractivity contribution is 0.0369. The summed E-state index contributed by atoms with van der Waals surface area (Å²) in [5, 5.41) is 12.6. The van der Waals surface area contributed by atoms with E-state index in [1.54, 1.807) is 24.3 Å². The third-order valence-corrected chi connectivity index (χ3v) is 6.62. The number of nitrogen functional groups attached to an aromatic ring is 1. The lowest BCUT2D eigenvalue weighted by Gasteiger charge is -2.27. The van der Waals surface area contributed by atoms with Crippen molar-refractivity contribution in [3.05, 3.63) is 76.5 Å². The van der Waals surface area contributed by atoms with Crippen LogP contribution in [0.2, 0.25) is 0 Å². The van der Waals surface area contributed by atoms with Crippen molar-refractivity contribution in [3.63, 3.8) is 0 Å². The summed E-state index contributed by atoms with van der Waals surface area (Å²) >= 11 is 1.53. The van der Waals surface area contributed by atoms with Gasteiger partial charge in [-0.05, 0) is 60.7 Å². The van der Waals surface area contributed by atoms with Gasteiger partial charge in [-0.1, -0.05) is 24.3 Å². The highest BCUT2D eigenvalue weighted by Gasteiger charge is 2.18. The number of hydrogen-bond acceptors (Lipinski definition) is 6. The minimum Gasteiger partial charge on any atom is -0.397 e. The Hall–Kier alpha value is -3.40. The van der Waals surface area contributed by atoms with E-state index in [9.17, 15) is 9.59 Å². The maximum Gasteiger partial charge on any atom is 0.319 e. The van der Waals surface area contributed by atoms with E-state index in [0.717, 1.165) is 56.9 Å². The number of anilines is 3. The first-order valence-electron chi connectivity index (χ1n) is 11.7. The van der Waals surface area contributed by atoms with Crippen LogP contribution in [-0.2, 0) is 4.74 Å². The Bertz CT molecular complexity index is 1100. The standard InChI is InChI=1S/C26H31N5O3S/c27-22-4-1-2-5-24(22)29-25(32)20-9-7-19(8-10-20)23(6-3-12-31-13-15-34-16-14-31)30-26(33)28-21-11-17-35-18-21/h1-2,4-5,7-11,17-18,23H,3,6,12-16,27H2,(H,29,32)(H2,28,30,33). The van der Waals surface area contributed by atoms with Gasteiger partial charge in [0.05, 0.1) is 36.3 Å². The van der Waals surface area contributed by atoms with Crippen LogP contribution in [0.4, 0.5) is 21.9 Å². The zero-order valence-electron chi connectivity index (χ0n) is 19.5. The molecule has 4 rings (SSSR count). The fraction of sp³-hybridized carbons (Fsp3) is 0.308. The second kappa shape index (κ2) is 12.3. The molecule has 2 aromatic carbocycles. The number of amides is 3. The summed E-state index contributed by atoms with van der Waals surface area (Å²) < 4.78 is 5.43. The first-order chi connectivity index (χ1) is 17.1. The highest BCUT2D eigenvalue weighted by molar-refractivity contribution is 7.08. The molecule has 0 bridgehead atoms. The molecule has 9 heteroatoms. The molecule has 1 unspecified atom stereocenters. The topological polar surface area (TPSA) is 109 Å². The van der Waals surface area contributed by atoms with Crippen molar-refractivity contribution in [2.24, 2.45) is 0 Å². The molecule has 2 heterocycles. The number of carbonyl (C=O) groups excluding carboxylic acids is 2. The quantitative estimate of drug-likeness (QED) is 0.327. The summed E-state index contributed by atoms with van der Waals surface area (Å²) in [6, 6.07) is 15.9. The molecule has 1 saturated heterocycles. The van der Waals surface area contributed by atoms with Crippen molar-refractivity contribution in [1.29, 1.82) is 0 Å². The molecule has 0 radical (unpaired) electrons. The zero-order chi connectivity index (χ0) is 24.5. The van der Waals surface area contributed by atoms with Crippen molar-refractivity contribution in [2.75, 3.05) is 49.2 Å². The number of carbonyl (C=O) groups is 2. The maximum absolute atomic E-state index is 12.7. The molecule has 8 nitrogen and oxygen atoms in total. The molecule has 1 fully saturated rings. The normalized spacial score (nSPS) is 14.7. The molecule has 3 amide bonds. The molecule has 0 aliphatic carbocycles. The van der Waals surface area contributed by atoms with Gasteiger partial charge in [0, 0.05) is 24.0 Å². The van der Waals surface area contributed by atoms with Crippen molar-refractivity contribution < 1.29 is 14.3 Å². The SMILES string of the molecule is Nc1ccccc1NC(=O)c1ccc(C(CCCN2CCOCC2)NC(=O)Nc2ccsc2)cc1. The first kappa shape index (κ1) is 24.7. The molecule has 3 aromatic rings. The number of urea groups is 1. The second-order valence-corrected chi connectivity index (χ2v) is 9.20. The van der Waals surface area contributed by atoms with E-state index in [1.165, 1.54) is 11.3 Å². The number of nitrogens with zero attached hydrogens (tertiary/aromatic N) is 1. The van der Waals surface area contributed by atoms with Gasteiger partial charge >= 0.3 is 6.03 Å². The van der Waals surface area contributed by atoms with E-state index in [-0.39, 0.29) is 18.0 Å². The van der Waals surface area contributed by atoms with E-state index >= 15 is 0 Å². The van der Waals surface area contributed by atoms with Crippen LogP contribution in [0.25, 0.3) is 0 Å². The molecule has 184 valence electrons. The molecular formula is C26H31N5O3S. The average molecular weight is 494 g/mol.